The average molecular weight is 511 g/mol. The van der Waals surface area contributed by atoms with Crippen molar-refractivity contribution in [3.8, 4) is 0 Å². The van der Waals surface area contributed by atoms with Gasteiger partial charge in [-0.1, -0.05) is 6.92 Å². The highest BCUT2D eigenvalue weighted by Gasteiger charge is 2.20. The Morgan fingerprint density at radius 2 is 2.04 bits per heavy atom. The van der Waals surface area contributed by atoms with Crippen molar-refractivity contribution in [2.75, 3.05) is 59.2 Å². The molecular weight excluding hydrogens is 467 g/mol. The molecule has 2 saturated heterocycles. The summed E-state index contributed by atoms with van der Waals surface area (Å²) in [4.78, 5) is 7.39. The van der Waals surface area contributed by atoms with Crippen molar-refractivity contribution in [1.29, 1.82) is 0 Å². The highest BCUT2D eigenvalue weighted by atomic mass is 127. The van der Waals surface area contributed by atoms with Crippen LogP contribution in [0.15, 0.2) is 4.99 Å². The number of hydrogen-bond donors (Lipinski definition) is 2. The Morgan fingerprint density at radius 3 is 2.75 bits per heavy atom. The summed E-state index contributed by atoms with van der Waals surface area (Å²) in [5, 5.41) is 6.80. The minimum atomic E-state index is 0. The van der Waals surface area contributed by atoms with E-state index >= 15 is 0 Å². The summed E-state index contributed by atoms with van der Waals surface area (Å²) in [5.74, 6) is 2.43. The first-order valence-corrected chi connectivity index (χ1v) is 11.1. The predicted octanol–water partition coefficient (Wildman–Crippen LogP) is 3.11. The Labute approximate surface area is 189 Å². The SMILES string of the molecule is CCNC(=NCC(C)N1CCCC(C)C1)NCCCOCC1CCOCC1.I. The molecule has 2 atom stereocenters. The lowest BCUT2D eigenvalue weighted by molar-refractivity contribution is 0.0203. The van der Waals surface area contributed by atoms with Crippen LogP contribution in [-0.2, 0) is 9.47 Å². The van der Waals surface area contributed by atoms with E-state index in [9.17, 15) is 0 Å². The molecule has 0 saturated carbocycles. The number of nitrogens with one attached hydrogen (secondary N) is 2. The molecule has 2 aliphatic heterocycles. The molecule has 2 rings (SSSR count). The Bertz CT molecular complexity index is 419. The predicted molar refractivity (Wildman–Crippen MR) is 128 cm³/mol. The number of rotatable bonds is 10. The average Bonchev–Trinajstić information content (AvgIpc) is 2.69. The smallest absolute Gasteiger partial charge is 0.191 e. The number of ether oxygens (including phenoxy) is 2. The van der Waals surface area contributed by atoms with Gasteiger partial charge in [0.15, 0.2) is 5.96 Å². The molecule has 0 aromatic rings. The van der Waals surface area contributed by atoms with Crippen molar-refractivity contribution in [3.05, 3.63) is 0 Å². The second-order valence-corrected chi connectivity index (χ2v) is 8.22. The molecule has 28 heavy (non-hydrogen) atoms. The number of halogens is 1. The fourth-order valence-corrected chi connectivity index (χ4v) is 3.85. The Kier molecular flexibility index (Phi) is 14.5. The zero-order valence-electron chi connectivity index (χ0n) is 18.3. The molecule has 0 aromatic heterocycles. The van der Waals surface area contributed by atoms with E-state index in [0.717, 1.165) is 77.2 Å². The first-order chi connectivity index (χ1) is 13.2. The maximum atomic E-state index is 5.84. The van der Waals surface area contributed by atoms with Crippen LogP contribution in [0.5, 0.6) is 0 Å². The second-order valence-electron chi connectivity index (χ2n) is 8.22. The summed E-state index contributed by atoms with van der Waals surface area (Å²) in [6, 6.07) is 0.506. The van der Waals surface area contributed by atoms with Gasteiger partial charge in [-0.2, -0.15) is 0 Å². The van der Waals surface area contributed by atoms with Crippen LogP contribution in [0, 0.1) is 11.8 Å². The molecule has 0 aliphatic carbocycles. The number of guanidine groups is 1. The van der Waals surface area contributed by atoms with Gasteiger partial charge < -0.3 is 20.1 Å². The van der Waals surface area contributed by atoms with E-state index in [2.05, 4.69) is 36.3 Å². The molecule has 0 bridgehead atoms. The van der Waals surface area contributed by atoms with Crippen molar-refractivity contribution in [1.82, 2.24) is 15.5 Å². The number of likely N-dealkylation sites (tertiary alicyclic amines) is 1. The summed E-state index contributed by atoms with van der Waals surface area (Å²) < 4.78 is 11.2. The summed E-state index contributed by atoms with van der Waals surface area (Å²) in [6.45, 7) is 15.3. The van der Waals surface area contributed by atoms with Crippen molar-refractivity contribution < 1.29 is 9.47 Å². The van der Waals surface area contributed by atoms with Crippen LogP contribution in [0.4, 0.5) is 0 Å². The van der Waals surface area contributed by atoms with Gasteiger partial charge in [-0.05, 0) is 64.3 Å². The maximum absolute atomic E-state index is 5.84. The van der Waals surface area contributed by atoms with Crippen LogP contribution in [0.2, 0.25) is 0 Å². The van der Waals surface area contributed by atoms with Crippen LogP contribution in [-0.4, -0.2) is 76.1 Å². The van der Waals surface area contributed by atoms with Gasteiger partial charge in [-0.25, -0.2) is 0 Å². The molecule has 6 nitrogen and oxygen atoms in total. The monoisotopic (exact) mass is 510 g/mol. The quantitative estimate of drug-likeness (QED) is 0.205. The fourth-order valence-electron chi connectivity index (χ4n) is 3.85. The van der Waals surface area contributed by atoms with Crippen LogP contribution >= 0.6 is 24.0 Å². The summed E-state index contributed by atoms with van der Waals surface area (Å²) in [5.41, 5.74) is 0. The van der Waals surface area contributed by atoms with Crippen LogP contribution in [0.25, 0.3) is 0 Å². The highest BCUT2D eigenvalue weighted by molar-refractivity contribution is 14.0. The fraction of sp³-hybridized carbons (Fsp3) is 0.952. The lowest BCUT2D eigenvalue weighted by Crippen LogP contribution is -2.43. The number of aliphatic imine (C=N–C) groups is 1. The molecule has 0 aromatic carbocycles. The molecule has 0 spiro atoms. The van der Waals surface area contributed by atoms with Gasteiger partial charge in [-0.15, -0.1) is 24.0 Å². The first-order valence-electron chi connectivity index (χ1n) is 11.1. The van der Waals surface area contributed by atoms with E-state index in [1.54, 1.807) is 0 Å². The topological polar surface area (TPSA) is 58.1 Å². The lowest BCUT2D eigenvalue weighted by atomic mass is 9.99. The van der Waals surface area contributed by atoms with Gasteiger partial charge in [0, 0.05) is 52.1 Å². The Morgan fingerprint density at radius 1 is 1.25 bits per heavy atom. The molecule has 0 amide bonds. The van der Waals surface area contributed by atoms with Crippen molar-refractivity contribution in [3.63, 3.8) is 0 Å². The maximum Gasteiger partial charge on any atom is 0.191 e. The highest BCUT2D eigenvalue weighted by Crippen LogP contribution is 2.17. The molecule has 2 unspecified atom stereocenters. The van der Waals surface area contributed by atoms with E-state index < -0.39 is 0 Å². The summed E-state index contributed by atoms with van der Waals surface area (Å²) in [7, 11) is 0. The van der Waals surface area contributed by atoms with Gasteiger partial charge in [-0.3, -0.25) is 9.89 Å². The zero-order valence-corrected chi connectivity index (χ0v) is 20.6. The molecule has 0 radical (unpaired) electrons. The summed E-state index contributed by atoms with van der Waals surface area (Å²) >= 11 is 0. The molecule has 2 N–H and O–H groups in total. The third-order valence-corrected chi connectivity index (χ3v) is 5.62. The number of piperidine rings is 1. The van der Waals surface area contributed by atoms with E-state index in [1.165, 1.54) is 25.9 Å². The van der Waals surface area contributed by atoms with Gasteiger partial charge >= 0.3 is 0 Å². The van der Waals surface area contributed by atoms with Crippen LogP contribution < -0.4 is 10.6 Å². The number of nitrogens with zero attached hydrogens (tertiary/aromatic N) is 2. The molecule has 2 fully saturated rings. The third kappa shape index (κ3) is 10.6. The molecular formula is C21H43IN4O2. The van der Waals surface area contributed by atoms with E-state index in [1.807, 2.05) is 0 Å². The zero-order chi connectivity index (χ0) is 19.3. The van der Waals surface area contributed by atoms with E-state index in [4.69, 9.17) is 14.5 Å². The van der Waals surface area contributed by atoms with Crippen molar-refractivity contribution in [2.45, 2.75) is 58.9 Å². The second kappa shape index (κ2) is 15.7. The third-order valence-electron chi connectivity index (χ3n) is 5.62. The van der Waals surface area contributed by atoms with Crippen LogP contribution in [0.1, 0.15) is 52.9 Å². The Balaban J connectivity index is 0.00000392. The molecule has 2 aliphatic rings. The molecule has 2 heterocycles. The Hall–Kier alpha value is -0.120. The lowest BCUT2D eigenvalue weighted by Gasteiger charge is -2.35. The van der Waals surface area contributed by atoms with E-state index in [0.29, 0.717) is 12.0 Å². The van der Waals surface area contributed by atoms with Gasteiger partial charge in [0.1, 0.15) is 0 Å². The standard InChI is InChI=1S/C21H42N4O2.HI/c1-4-22-21(24-15-19(3)25-11-5-7-18(2)16-25)23-10-6-12-27-17-20-8-13-26-14-9-20;/h18-20H,4-17H2,1-3H3,(H2,22,23,24);1H. The number of hydrogen-bond acceptors (Lipinski definition) is 4. The molecule has 166 valence electrons. The van der Waals surface area contributed by atoms with Gasteiger partial charge in [0.2, 0.25) is 0 Å². The van der Waals surface area contributed by atoms with E-state index in [-0.39, 0.29) is 24.0 Å². The van der Waals surface area contributed by atoms with Gasteiger partial charge in [0.25, 0.3) is 0 Å². The van der Waals surface area contributed by atoms with Crippen molar-refractivity contribution in [2.24, 2.45) is 16.8 Å². The summed E-state index contributed by atoms with van der Waals surface area (Å²) in [6.07, 6.45) is 5.98. The first kappa shape index (κ1) is 25.9. The minimum absolute atomic E-state index is 0. The molecule has 7 heteroatoms. The van der Waals surface area contributed by atoms with Crippen LogP contribution in [0.3, 0.4) is 0 Å². The van der Waals surface area contributed by atoms with Crippen molar-refractivity contribution >= 4 is 29.9 Å². The normalized spacial score (nSPS) is 23.1. The minimum Gasteiger partial charge on any atom is -0.381 e. The van der Waals surface area contributed by atoms with Gasteiger partial charge in [0.05, 0.1) is 6.54 Å². The largest absolute Gasteiger partial charge is 0.381 e.